The molecule has 0 aliphatic carbocycles. The van der Waals surface area contributed by atoms with E-state index in [0.29, 0.717) is 5.02 Å². The molecular weight excluding hydrogens is 230 g/mol. The van der Waals surface area contributed by atoms with Crippen molar-refractivity contribution < 1.29 is 14.3 Å². The lowest BCUT2D eigenvalue weighted by molar-refractivity contribution is -0.127. The minimum absolute atomic E-state index is 0.177. The van der Waals surface area contributed by atoms with Gasteiger partial charge in [0, 0.05) is 5.02 Å². The van der Waals surface area contributed by atoms with E-state index in [-0.39, 0.29) is 18.6 Å². The monoisotopic (exact) mass is 239 g/mol. The lowest BCUT2D eigenvalue weighted by Gasteiger charge is -2.20. The highest BCUT2D eigenvalue weighted by atomic mass is 35.5. The van der Waals surface area contributed by atoms with Gasteiger partial charge in [0.25, 0.3) is 5.91 Å². The van der Waals surface area contributed by atoms with Crippen molar-refractivity contribution in [3.63, 3.8) is 0 Å². The predicted molar refractivity (Wildman–Crippen MR) is 58.1 cm³/mol. The summed E-state index contributed by atoms with van der Waals surface area (Å²) in [6.45, 7) is 1.58. The Bertz CT molecular complexity index is 431. The Balaban J connectivity index is 2.28. The summed E-state index contributed by atoms with van der Waals surface area (Å²) in [6, 6.07) is 6.70. The fraction of sp³-hybridized carbons (Fsp3) is 0.273. The number of halogens is 1. The molecule has 0 aromatic heterocycles. The van der Waals surface area contributed by atoms with Gasteiger partial charge in [-0.3, -0.25) is 4.79 Å². The van der Waals surface area contributed by atoms with Crippen LogP contribution >= 0.6 is 11.6 Å². The predicted octanol–water partition coefficient (Wildman–Crippen LogP) is 2.38. The lowest BCUT2D eigenvalue weighted by Crippen LogP contribution is -2.31. The van der Waals surface area contributed by atoms with Crippen molar-refractivity contribution >= 4 is 23.6 Å². The van der Waals surface area contributed by atoms with Gasteiger partial charge in [0.05, 0.1) is 6.04 Å². The topological polar surface area (TPSA) is 46.6 Å². The molecule has 1 atom stereocenters. The molecule has 84 valence electrons. The SMILES string of the molecule is C[C@H](c1cccc(Cl)c1)N1C(=O)COC1=O. The van der Waals surface area contributed by atoms with Crippen LogP contribution in [0.15, 0.2) is 24.3 Å². The van der Waals surface area contributed by atoms with Gasteiger partial charge >= 0.3 is 6.09 Å². The fourth-order valence-electron chi connectivity index (χ4n) is 1.65. The van der Waals surface area contributed by atoms with Gasteiger partial charge in [-0.2, -0.15) is 0 Å². The quantitative estimate of drug-likeness (QED) is 0.796. The molecule has 1 aliphatic heterocycles. The smallest absolute Gasteiger partial charge is 0.417 e. The molecule has 0 saturated carbocycles. The number of nitrogens with zero attached hydrogens (tertiary/aromatic N) is 1. The van der Waals surface area contributed by atoms with Gasteiger partial charge in [0.1, 0.15) is 0 Å². The molecule has 1 aromatic rings. The summed E-state index contributed by atoms with van der Waals surface area (Å²) >= 11 is 5.85. The third-order valence-electron chi connectivity index (χ3n) is 2.50. The Morgan fingerprint density at radius 1 is 1.44 bits per heavy atom. The lowest BCUT2D eigenvalue weighted by atomic mass is 10.1. The molecule has 0 bridgehead atoms. The van der Waals surface area contributed by atoms with E-state index in [2.05, 4.69) is 4.74 Å². The average molecular weight is 240 g/mol. The van der Waals surface area contributed by atoms with Crippen LogP contribution in [0.2, 0.25) is 5.02 Å². The standard InChI is InChI=1S/C11H10ClNO3/c1-7(8-3-2-4-9(12)5-8)13-10(14)6-16-11(13)15/h2-5,7H,6H2,1H3/t7-/m1/s1. The first-order valence-corrected chi connectivity index (χ1v) is 5.21. The third-order valence-corrected chi connectivity index (χ3v) is 2.74. The van der Waals surface area contributed by atoms with Crippen LogP contribution in [0.25, 0.3) is 0 Å². The minimum atomic E-state index is -0.600. The van der Waals surface area contributed by atoms with Crippen molar-refractivity contribution in [2.45, 2.75) is 13.0 Å². The molecule has 2 rings (SSSR count). The van der Waals surface area contributed by atoms with Crippen LogP contribution < -0.4 is 0 Å². The Labute approximate surface area is 97.7 Å². The maximum atomic E-state index is 11.4. The van der Waals surface area contributed by atoms with Gasteiger partial charge in [0.2, 0.25) is 0 Å². The van der Waals surface area contributed by atoms with Gasteiger partial charge in [-0.1, -0.05) is 23.7 Å². The fourth-order valence-corrected chi connectivity index (χ4v) is 1.85. The summed E-state index contributed by atoms with van der Waals surface area (Å²) in [5, 5.41) is 0.573. The number of carbonyl (C=O) groups excluding carboxylic acids is 2. The molecule has 1 saturated heterocycles. The summed E-state index contributed by atoms with van der Waals surface area (Å²) in [6.07, 6.45) is -0.600. The van der Waals surface area contributed by atoms with E-state index in [4.69, 9.17) is 11.6 Å². The number of hydrogen-bond acceptors (Lipinski definition) is 3. The molecule has 1 fully saturated rings. The highest BCUT2D eigenvalue weighted by Crippen LogP contribution is 2.25. The van der Waals surface area contributed by atoms with Crippen molar-refractivity contribution in [1.82, 2.24) is 4.90 Å². The largest absolute Gasteiger partial charge is 0.439 e. The van der Waals surface area contributed by atoms with Crippen LogP contribution in [-0.2, 0) is 9.53 Å². The van der Waals surface area contributed by atoms with Gasteiger partial charge in [-0.05, 0) is 24.6 Å². The maximum Gasteiger partial charge on any atom is 0.417 e. The zero-order valence-corrected chi connectivity index (χ0v) is 9.40. The highest BCUT2D eigenvalue weighted by molar-refractivity contribution is 6.30. The van der Waals surface area contributed by atoms with E-state index in [1.54, 1.807) is 25.1 Å². The number of ether oxygens (including phenoxy) is 1. The van der Waals surface area contributed by atoms with Gasteiger partial charge in [-0.25, -0.2) is 9.69 Å². The van der Waals surface area contributed by atoms with Crippen LogP contribution in [0.4, 0.5) is 4.79 Å². The van der Waals surface area contributed by atoms with Crippen LogP contribution in [0.5, 0.6) is 0 Å². The molecule has 0 spiro atoms. The molecule has 0 unspecified atom stereocenters. The third kappa shape index (κ3) is 1.88. The summed E-state index contributed by atoms with van der Waals surface area (Å²) in [5.74, 6) is -0.322. The second kappa shape index (κ2) is 4.14. The Hall–Kier alpha value is -1.55. The van der Waals surface area contributed by atoms with Gasteiger partial charge < -0.3 is 4.74 Å². The number of benzene rings is 1. The van der Waals surface area contributed by atoms with E-state index < -0.39 is 6.09 Å². The Morgan fingerprint density at radius 3 is 2.75 bits per heavy atom. The van der Waals surface area contributed by atoms with Crippen LogP contribution in [0.1, 0.15) is 18.5 Å². The summed E-state index contributed by atoms with van der Waals surface area (Å²) in [7, 11) is 0. The Kier molecular flexibility index (Phi) is 2.83. The Morgan fingerprint density at radius 2 is 2.19 bits per heavy atom. The van der Waals surface area contributed by atoms with Crippen LogP contribution in [-0.4, -0.2) is 23.5 Å². The van der Waals surface area contributed by atoms with Crippen molar-refractivity contribution in [3.8, 4) is 0 Å². The molecule has 1 aromatic carbocycles. The molecule has 0 N–H and O–H groups in total. The second-order valence-electron chi connectivity index (χ2n) is 3.55. The summed E-state index contributed by atoms with van der Waals surface area (Å²) in [5.41, 5.74) is 0.805. The molecule has 0 radical (unpaired) electrons. The van der Waals surface area contributed by atoms with Gasteiger partial charge in [0.15, 0.2) is 6.61 Å². The van der Waals surface area contributed by atoms with E-state index in [1.807, 2.05) is 6.07 Å². The number of amides is 2. The van der Waals surface area contributed by atoms with E-state index in [0.717, 1.165) is 10.5 Å². The van der Waals surface area contributed by atoms with Crippen molar-refractivity contribution in [2.75, 3.05) is 6.61 Å². The van der Waals surface area contributed by atoms with Crippen LogP contribution in [0.3, 0.4) is 0 Å². The first-order valence-electron chi connectivity index (χ1n) is 4.84. The van der Waals surface area contributed by atoms with E-state index in [9.17, 15) is 9.59 Å². The number of hydrogen-bond donors (Lipinski definition) is 0. The second-order valence-corrected chi connectivity index (χ2v) is 3.99. The molecule has 16 heavy (non-hydrogen) atoms. The van der Waals surface area contributed by atoms with E-state index in [1.165, 1.54) is 0 Å². The first-order chi connectivity index (χ1) is 7.59. The van der Waals surface area contributed by atoms with Crippen molar-refractivity contribution in [3.05, 3.63) is 34.9 Å². The minimum Gasteiger partial charge on any atom is -0.439 e. The van der Waals surface area contributed by atoms with Crippen molar-refractivity contribution in [2.24, 2.45) is 0 Å². The van der Waals surface area contributed by atoms with E-state index >= 15 is 0 Å². The number of cyclic esters (lactones) is 1. The maximum absolute atomic E-state index is 11.4. The number of carbonyl (C=O) groups is 2. The van der Waals surface area contributed by atoms with Crippen LogP contribution in [0, 0.1) is 0 Å². The van der Waals surface area contributed by atoms with Gasteiger partial charge in [-0.15, -0.1) is 0 Å². The molecular formula is C11H10ClNO3. The molecule has 2 amide bonds. The number of rotatable bonds is 2. The summed E-state index contributed by atoms with van der Waals surface area (Å²) < 4.78 is 4.66. The normalized spacial score (nSPS) is 17.5. The number of imide groups is 1. The first kappa shape index (κ1) is 11.0. The van der Waals surface area contributed by atoms with Crippen molar-refractivity contribution in [1.29, 1.82) is 0 Å². The summed E-state index contributed by atoms with van der Waals surface area (Å²) in [4.78, 5) is 23.9. The molecule has 5 heteroatoms. The molecule has 1 aliphatic rings. The highest BCUT2D eigenvalue weighted by Gasteiger charge is 2.35. The molecule has 1 heterocycles. The zero-order chi connectivity index (χ0) is 11.7. The average Bonchev–Trinajstić information content (AvgIpc) is 2.58. The molecule has 4 nitrogen and oxygen atoms in total. The zero-order valence-electron chi connectivity index (χ0n) is 8.64.